The molecule has 0 aliphatic heterocycles. The summed E-state index contributed by atoms with van der Waals surface area (Å²) in [5.74, 6) is 0.00644. The molecule has 1 aromatic carbocycles. The van der Waals surface area contributed by atoms with Crippen molar-refractivity contribution in [3.8, 4) is 0 Å². The van der Waals surface area contributed by atoms with Gasteiger partial charge < -0.3 is 10.6 Å². The Morgan fingerprint density at radius 3 is 2.33 bits per heavy atom. The second kappa shape index (κ2) is 5.99. The number of amides is 1. The maximum atomic E-state index is 12.5. The molecule has 0 spiro atoms. The van der Waals surface area contributed by atoms with Gasteiger partial charge in [-0.25, -0.2) is 0 Å². The molecule has 1 aromatic heterocycles. The fourth-order valence-electron chi connectivity index (χ4n) is 2.31. The summed E-state index contributed by atoms with van der Waals surface area (Å²) in [4.78, 5) is 14.3. The molecular weight excluding hydrogens is 264 g/mol. The third-order valence-electron chi connectivity index (χ3n) is 3.69. The number of rotatable bonds is 4. The number of aromatic nitrogens is 2. The monoisotopic (exact) mass is 286 g/mol. The topological polar surface area (TPSA) is 64.2 Å². The Morgan fingerprint density at radius 1 is 1.24 bits per heavy atom. The summed E-state index contributed by atoms with van der Waals surface area (Å²) in [5.41, 5.74) is 10.2. The fraction of sp³-hybridized carbons (Fsp3) is 0.375. The third-order valence-corrected chi connectivity index (χ3v) is 3.69. The van der Waals surface area contributed by atoms with Crippen LogP contribution in [0.2, 0.25) is 0 Å². The lowest BCUT2D eigenvalue weighted by Gasteiger charge is -2.21. The van der Waals surface area contributed by atoms with Crippen molar-refractivity contribution < 1.29 is 4.79 Å². The number of hydrogen-bond acceptors (Lipinski definition) is 3. The van der Waals surface area contributed by atoms with E-state index in [1.54, 1.807) is 9.58 Å². The Balaban J connectivity index is 2.20. The van der Waals surface area contributed by atoms with Crippen molar-refractivity contribution in [2.45, 2.75) is 34.2 Å². The highest BCUT2D eigenvalue weighted by Gasteiger charge is 2.17. The lowest BCUT2D eigenvalue weighted by atomic mass is 10.2. The van der Waals surface area contributed by atoms with Gasteiger partial charge in [0.1, 0.15) is 6.54 Å². The Labute approximate surface area is 125 Å². The quantitative estimate of drug-likeness (QED) is 0.939. The summed E-state index contributed by atoms with van der Waals surface area (Å²) in [6.07, 6.45) is 0. The maximum Gasteiger partial charge on any atom is 0.248 e. The van der Waals surface area contributed by atoms with Crippen molar-refractivity contribution in [2.24, 2.45) is 0 Å². The van der Waals surface area contributed by atoms with Gasteiger partial charge in [-0.05, 0) is 39.8 Å². The van der Waals surface area contributed by atoms with E-state index in [0.717, 1.165) is 17.1 Å². The van der Waals surface area contributed by atoms with Crippen LogP contribution >= 0.6 is 0 Å². The number of aryl methyl sites for hydroxylation is 2. The van der Waals surface area contributed by atoms with E-state index in [-0.39, 0.29) is 12.5 Å². The highest BCUT2D eigenvalue weighted by molar-refractivity contribution is 5.93. The maximum absolute atomic E-state index is 12.5. The number of carbonyl (C=O) groups excluding carboxylic acids is 1. The van der Waals surface area contributed by atoms with E-state index in [0.29, 0.717) is 12.2 Å². The van der Waals surface area contributed by atoms with Crippen LogP contribution in [-0.4, -0.2) is 22.2 Å². The molecule has 2 N–H and O–H groups in total. The van der Waals surface area contributed by atoms with Crippen LogP contribution in [0, 0.1) is 20.8 Å². The Morgan fingerprint density at radius 2 is 1.86 bits per heavy atom. The van der Waals surface area contributed by atoms with Crippen molar-refractivity contribution >= 4 is 17.3 Å². The van der Waals surface area contributed by atoms with Crippen molar-refractivity contribution in [1.82, 2.24) is 9.78 Å². The molecule has 0 aliphatic rings. The minimum Gasteiger partial charge on any atom is -0.396 e. The second-order valence-electron chi connectivity index (χ2n) is 5.22. The largest absolute Gasteiger partial charge is 0.396 e. The van der Waals surface area contributed by atoms with Gasteiger partial charge in [0, 0.05) is 12.2 Å². The van der Waals surface area contributed by atoms with Gasteiger partial charge in [0.15, 0.2) is 0 Å². The van der Waals surface area contributed by atoms with Gasteiger partial charge in [-0.3, -0.25) is 9.48 Å². The van der Waals surface area contributed by atoms with E-state index >= 15 is 0 Å². The molecule has 0 unspecified atom stereocenters. The first-order valence-corrected chi connectivity index (χ1v) is 7.10. The minimum absolute atomic E-state index is 0.00644. The number of nitrogens with zero attached hydrogens (tertiary/aromatic N) is 3. The van der Waals surface area contributed by atoms with Crippen LogP contribution in [-0.2, 0) is 11.3 Å². The molecule has 2 rings (SSSR count). The van der Waals surface area contributed by atoms with E-state index in [9.17, 15) is 4.79 Å². The zero-order chi connectivity index (χ0) is 15.6. The SMILES string of the molecule is CCN(C(=O)Cn1nc(C)c(N)c1C)c1ccc(C)cc1. The number of likely N-dealkylation sites (N-methyl/N-ethyl adjacent to an activating group) is 1. The Hall–Kier alpha value is -2.30. The summed E-state index contributed by atoms with van der Waals surface area (Å²) >= 11 is 0. The van der Waals surface area contributed by atoms with Crippen LogP contribution in [0.5, 0.6) is 0 Å². The Kier molecular flexibility index (Phi) is 4.31. The average molecular weight is 286 g/mol. The summed E-state index contributed by atoms with van der Waals surface area (Å²) in [6.45, 7) is 8.54. The third kappa shape index (κ3) is 3.07. The second-order valence-corrected chi connectivity index (χ2v) is 5.22. The van der Waals surface area contributed by atoms with Gasteiger partial charge in [-0.2, -0.15) is 5.10 Å². The summed E-state index contributed by atoms with van der Waals surface area (Å²) in [6, 6.07) is 7.94. The van der Waals surface area contributed by atoms with Crippen LogP contribution in [0.15, 0.2) is 24.3 Å². The first kappa shape index (κ1) is 15.1. The number of hydrogen-bond donors (Lipinski definition) is 1. The van der Waals surface area contributed by atoms with Gasteiger partial charge >= 0.3 is 0 Å². The standard InChI is InChI=1S/C16H22N4O/c1-5-19(14-8-6-11(2)7-9-14)15(21)10-20-13(4)16(17)12(3)18-20/h6-9H,5,10,17H2,1-4H3. The summed E-state index contributed by atoms with van der Waals surface area (Å²) in [7, 11) is 0. The van der Waals surface area contributed by atoms with Crippen LogP contribution < -0.4 is 10.6 Å². The van der Waals surface area contributed by atoms with Crippen molar-refractivity contribution in [3.05, 3.63) is 41.2 Å². The van der Waals surface area contributed by atoms with Gasteiger partial charge in [0.05, 0.1) is 17.1 Å². The van der Waals surface area contributed by atoms with Crippen molar-refractivity contribution in [2.75, 3.05) is 17.2 Å². The van der Waals surface area contributed by atoms with Crippen LogP contribution in [0.4, 0.5) is 11.4 Å². The number of carbonyl (C=O) groups is 1. The van der Waals surface area contributed by atoms with Crippen molar-refractivity contribution in [3.63, 3.8) is 0 Å². The number of anilines is 2. The molecule has 112 valence electrons. The molecule has 0 fully saturated rings. The minimum atomic E-state index is 0.00644. The molecule has 0 saturated carbocycles. The molecule has 0 saturated heterocycles. The van der Waals surface area contributed by atoms with E-state index in [2.05, 4.69) is 5.10 Å². The number of nitrogens with two attached hydrogens (primary N) is 1. The van der Waals surface area contributed by atoms with E-state index in [4.69, 9.17) is 5.73 Å². The average Bonchev–Trinajstić information content (AvgIpc) is 2.69. The molecule has 1 amide bonds. The lowest BCUT2D eigenvalue weighted by molar-refractivity contribution is -0.119. The fourth-order valence-corrected chi connectivity index (χ4v) is 2.31. The zero-order valence-electron chi connectivity index (χ0n) is 13.1. The molecule has 0 bridgehead atoms. The molecule has 5 heteroatoms. The van der Waals surface area contributed by atoms with Gasteiger partial charge in [-0.1, -0.05) is 17.7 Å². The first-order valence-electron chi connectivity index (χ1n) is 7.10. The number of benzene rings is 1. The van der Waals surface area contributed by atoms with Crippen LogP contribution in [0.3, 0.4) is 0 Å². The molecule has 5 nitrogen and oxygen atoms in total. The lowest BCUT2D eigenvalue weighted by Crippen LogP contribution is -2.34. The van der Waals surface area contributed by atoms with Gasteiger partial charge in [-0.15, -0.1) is 0 Å². The predicted octanol–water partition coefficient (Wildman–Crippen LogP) is 2.44. The predicted molar refractivity (Wildman–Crippen MR) is 85.3 cm³/mol. The smallest absolute Gasteiger partial charge is 0.248 e. The molecule has 0 aliphatic carbocycles. The molecule has 0 radical (unpaired) electrons. The van der Waals surface area contributed by atoms with Crippen LogP contribution in [0.25, 0.3) is 0 Å². The summed E-state index contributed by atoms with van der Waals surface area (Å²) < 4.78 is 1.67. The van der Waals surface area contributed by atoms with Gasteiger partial charge in [0.2, 0.25) is 5.91 Å². The van der Waals surface area contributed by atoms with Crippen molar-refractivity contribution in [1.29, 1.82) is 0 Å². The highest BCUT2D eigenvalue weighted by atomic mass is 16.2. The normalized spacial score (nSPS) is 10.7. The van der Waals surface area contributed by atoms with E-state index < -0.39 is 0 Å². The first-order chi connectivity index (χ1) is 9.93. The molecular formula is C16H22N4O. The van der Waals surface area contributed by atoms with E-state index in [1.807, 2.05) is 52.0 Å². The molecule has 0 atom stereocenters. The van der Waals surface area contributed by atoms with E-state index in [1.165, 1.54) is 5.56 Å². The molecule has 1 heterocycles. The van der Waals surface area contributed by atoms with Gasteiger partial charge in [0.25, 0.3) is 0 Å². The summed E-state index contributed by atoms with van der Waals surface area (Å²) in [5, 5.41) is 4.32. The molecule has 2 aromatic rings. The molecule has 21 heavy (non-hydrogen) atoms. The Bertz CT molecular complexity index is 643. The zero-order valence-corrected chi connectivity index (χ0v) is 13.1. The highest BCUT2D eigenvalue weighted by Crippen LogP contribution is 2.18. The van der Waals surface area contributed by atoms with Crippen LogP contribution in [0.1, 0.15) is 23.9 Å². The number of nitrogen functional groups attached to an aromatic ring is 1.